The molecule has 1 saturated heterocycles. The van der Waals surface area contributed by atoms with Gasteiger partial charge < -0.3 is 10.2 Å². The van der Waals surface area contributed by atoms with Crippen molar-refractivity contribution in [2.75, 3.05) is 23.3 Å². The van der Waals surface area contributed by atoms with Gasteiger partial charge in [0.05, 0.1) is 11.1 Å². The van der Waals surface area contributed by atoms with Gasteiger partial charge in [0.25, 0.3) is 5.91 Å². The van der Waals surface area contributed by atoms with Gasteiger partial charge in [-0.25, -0.2) is 13.8 Å². The van der Waals surface area contributed by atoms with Crippen LogP contribution in [0.5, 0.6) is 0 Å². The van der Waals surface area contributed by atoms with Crippen molar-refractivity contribution in [3.8, 4) is 22.5 Å². The van der Waals surface area contributed by atoms with Crippen molar-refractivity contribution in [2.45, 2.75) is 13.3 Å². The van der Waals surface area contributed by atoms with E-state index in [-0.39, 0.29) is 17.3 Å². The number of benzene rings is 2. The number of anilines is 2. The second kappa shape index (κ2) is 9.09. The Labute approximate surface area is 211 Å². The van der Waals surface area contributed by atoms with E-state index in [2.05, 4.69) is 25.4 Å². The Kier molecular flexibility index (Phi) is 5.60. The van der Waals surface area contributed by atoms with Crippen LogP contribution in [0.4, 0.5) is 20.3 Å². The lowest BCUT2D eigenvalue weighted by Crippen LogP contribution is -2.39. The number of amides is 1. The third-order valence-electron chi connectivity index (χ3n) is 6.51. The van der Waals surface area contributed by atoms with Crippen molar-refractivity contribution >= 4 is 23.1 Å². The van der Waals surface area contributed by atoms with Gasteiger partial charge in [0, 0.05) is 42.3 Å². The molecule has 184 valence electrons. The lowest BCUT2D eigenvalue weighted by molar-refractivity contribution is 0.102. The van der Waals surface area contributed by atoms with E-state index in [1.807, 2.05) is 37.3 Å². The molecule has 6 rings (SSSR count). The highest BCUT2D eigenvalue weighted by molar-refractivity contribution is 6.08. The Morgan fingerprint density at radius 1 is 0.973 bits per heavy atom. The topological polar surface area (TPSA) is 75.4 Å². The van der Waals surface area contributed by atoms with Crippen LogP contribution in [0, 0.1) is 18.6 Å². The lowest BCUT2D eigenvalue weighted by Gasteiger charge is -2.33. The summed E-state index contributed by atoms with van der Waals surface area (Å²) in [6, 6.07) is 16.9. The van der Waals surface area contributed by atoms with Crippen LogP contribution < -0.4 is 10.2 Å². The molecule has 2 aromatic carbocycles. The zero-order chi connectivity index (χ0) is 25.5. The van der Waals surface area contributed by atoms with Gasteiger partial charge in [0.1, 0.15) is 5.82 Å². The number of nitrogens with zero attached hydrogens (tertiary/aromatic N) is 5. The van der Waals surface area contributed by atoms with Crippen molar-refractivity contribution in [1.29, 1.82) is 0 Å². The fourth-order valence-corrected chi connectivity index (χ4v) is 4.39. The monoisotopic (exact) mass is 496 g/mol. The quantitative estimate of drug-likeness (QED) is 0.347. The molecule has 5 aromatic rings. The Bertz CT molecular complexity index is 1640. The first-order valence-corrected chi connectivity index (χ1v) is 11.9. The normalized spacial score (nSPS) is 13.0. The Balaban J connectivity index is 1.43. The fourth-order valence-electron chi connectivity index (χ4n) is 4.39. The molecule has 0 radical (unpaired) electrons. The average Bonchev–Trinajstić information content (AvgIpc) is 3.30. The molecule has 9 heteroatoms. The summed E-state index contributed by atoms with van der Waals surface area (Å²) in [6.45, 7) is 3.65. The molecular formula is C28H22F2N6O. The minimum atomic E-state index is -0.988. The molecule has 1 amide bonds. The van der Waals surface area contributed by atoms with Crippen LogP contribution in [-0.2, 0) is 0 Å². The summed E-state index contributed by atoms with van der Waals surface area (Å²) in [5, 5.41) is 11.4. The second-order valence-corrected chi connectivity index (χ2v) is 9.00. The highest BCUT2D eigenvalue weighted by atomic mass is 19.2. The highest BCUT2D eigenvalue weighted by Gasteiger charge is 2.24. The molecule has 7 nitrogen and oxygen atoms in total. The van der Waals surface area contributed by atoms with Gasteiger partial charge in [0.2, 0.25) is 0 Å². The SMILES string of the molecule is Cc1ccc(NC(=O)c2cc(-c3cccn4c(-c5cccc(F)c5F)nnc34)cnc2N2CCC2)cc1. The van der Waals surface area contributed by atoms with Crippen LogP contribution >= 0.6 is 0 Å². The van der Waals surface area contributed by atoms with Crippen molar-refractivity contribution in [1.82, 2.24) is 19.6 Å². The molecule has 37 heavy (non-hydrogen) atoms. The van der Waals surface area contributed by atoms with Gasteiger partial charge >= 0.3 is 0 Å². The molecule has 1 fully saturated rings. The van der Waals surface area contributed by atoms with Crippen LogP contribution in [0.25, 0.3) is 28.2 Å². The first kappa shape index (κ1) is 22.8. The van der Waals surface area contributed by atoms with E-state index >= 15 is 0 Å². The fraction of sp³-hybridized carbons (Fsp3) is 0.143. The van der Waals surface area contributed by atoms with Gasteiger partial charge in [-0.3, -0.25) is 9.20 Å². The number of hydrogen-bond donors (Lipinski definition) is 1. The van der Waals surface area contributed by atoms with Crippen LogP contribution in [0.15, 0.2) is 73.1 Å². The number of fused-ring (bicyclic) bond motifs is 1. The van der Waals surface area contributed by atoms with Gasteiger partial charge in [-0.05, 0) is 55.8 Å². The molecule has 0 spiro atoms. The smallest absolute Gasteiger partial charge is 0.259 e. The van der Waals surface area contributed by atoms with E-state index in [9.17, 15) is 13.6 Å². The minimum Gasteiger partial charge on any atom is -0.356 e. The number of rotatable bonds is 5. The van der Waals surface area contributed by atoms with Crippen LogP contribution in [-0.4, -0.2) is 38.6 Å². The highest BCUT2D eigenvalue weighted by Crippen LogP contribution is 2.32. The average molecular weight is 497 g/mol. The van der Waals surface area contributed by atoms with E-state index < -0.39 is 11.6 Å². The number of carbonyl (C=O) groups excluding carboxylic acids is 1. The molecule has 1 N–H and O–H groups in total. The molecule has 1 aliphatic heterocycles. The van der Waals surface area contributed by atoms with Gasteiger partial charge in [0.15, 0.2) is 23.1 Å². The summed E-state index contributed by atoms with van der Waals surface area (Å²) >= 11 is 0. The second-order valence-electron chi connectivity index (χ2n) is 9.00. The molecule has 3 aromatic heterocycles. The van der Waals surface area contributed by atoms with Gasteiger partial charge in [-0.2, -0.15) is 0 Å². The predicted octanol–water partition coefficient (Wildman–Crippen LogP) is 5.51. The Hall–Kier alpha value is -4.66. The van der Waals surface area contributed by atoms with Crippen molar-refractivity contribution < 1.29 is 13.6 Å². The third-order valence-corrected chi connectivity index (χ3v) is 6.51. The summed E-state index contributed by atoms with van der Waals surface area (Å²) in [5.41, 5.74) is 3.99. The summed E-state index contributed by atoms with van der Waals surface area (Å²) in [5.74, 6) is -1.42. The molecule has 0 atom stereocenters. The maximum absolute atomic E-state index is 14.5. The summed E-state index contributed by atoms with van der Waals surface area (Å²) in [7, 11) is 0. The Morgan fingerprint density at radius 3 is 2.51 bits per heavy atom. The molecular weight excluding hydrogens is 474 g/mol. The summed E-state index contributed by atoms with van der Waals surface area (Å²) in [6.07, 6.45) is 4.43. The maximum Gasteiger partial charge on any atom is 0.259 e. The summed E-state index contributed by atoms with van der Waals surface area (Å²) < 4.78 is 30.0. The standard InChI is InChI=1S/C28H22F2N6O/c1-17-8-10-19(11-9-17)32-28(37)22-15-18(16-31-25(22)35-12-4-13-35)20-6-3-14-36-26(20)33-34-27(36)21-5-2-7-23(29)24(21)30/h2-3,5-11,14-16H,4,12-13H2,1H3,(H,32,37). The van der Waals surface area contributed by atoms with E-state index in [0.717, 1.165) is 31.1 Å². The third kappa shape index (κ3) is 4.08. The number of hydrogen-bond acceptors (Lipinski definition) is 5. The Morgan fingerprint density at radius 2 is 1.76 bits per heavy atom. The largest absolute Gasteiger partial charge is 0.356 e. The lowest BCUT2D eigenvalue weighted by atomic mass is 10.0. The zero-order valence-electron chi connectivity index (χ0n) is 19.9. The number of nitrogens with one attached hydrogen (secondary N) is 1. The zero-order valence-corrected chi connectivity index (χ0v) is 19.9. The van der Waals surface area contributed by atoms with E-state index in [1.54, 1.807) is 28.9 Å². The number of pyridine rings is 2. The predicted molar refractivity (Wildman–Crippen MR) is 138 cm³/mol. The minimum absolute atomic E-state index is 0.00840. The van der Waals surface area contributed by atoms with Gasteiger partial charge in [-0.15, -0.1) is 10.2 Å². The van der Waals surface area contributed by atoms with Crippen LogP contribution in [0.3, 0.4) is 0 Å². The van der Waals surface area contributed by atoms with Crippen LogP contribution in [0.2, 0.25) is 0 Å². The molecule has 0 unspecified atom stereocenters. The summed E-state index contributed by atoms with van der Waals surface area (Å²) in [4.78, 5) is 20.1. The first-order chi connectivity index (χ1) is 18.0. The van der Waals surface area contributed by atoms with Crippen molar-refractivity contribution in [3.63, 3.8) is 0 Å². The van der Waals surface area contributed by atoms with Crippen molar-refractivity contribution in [3.05, 3.63) is 95.8 Å². The maximum atomic E-state index is 14.5. The molecule has 0 aliphatic carbocycles. The van der Waals surface area contributed by atoms with E-state index in [0.29, 0.717) is 33.8 Å². The molecule has 4 heterocycles. The number of aromatic nitrogens is 4. The van der Waals surface area contributed by atoms with Crippen molar-refractivity contribution in [2.24, 2.45) is 0 Å². The molecule has 0 saturated carbocycles. The van der Waals surface area contributed by atoms with Crippen LogP contribution in [0.1, 0.15) is 22.3 Å². The van der Waals surface area contributed by atoms with E-state index in [4.69, 9.17) is 0 Å². The number of halogens is 2. The van der Waals surface area contributed by atoms with E-state index in [1.165, 1.54) is 12.1 Å². The molecule has 0 bridgehead atoms. The van der Waals surface area contributed by atoms with Gasteiger partial charge in [-0.1, -0.05) is 23.8 Å². The number of carbonyl (C=O) groups is 1. The first-order valence-electron chi connectivity index (χ1n) is 11.9. The molecule has 1 aliphatic rings. The number of aryl methyl sites for hydroxylation is 1.